The van der Waals surface area contributed by atoms with E-state index < -0.39 is 5.97 Å². The van der Waals surface area contributed by atoms with Crippen LogP contribution in [0.3, 0.4) is 0 Å². The first-order valence-corrected chi connectivity index (χ1v) is 8.46. The summed E-state index contributed by atoms with van der Waals surface area (Å²) in [6, 6.07) is 12.1. The molecule has 0 radical (unpaired) electrons. The molecule has 0 aliphatic carbocycles. The van der Waals surface area contributed by atoms with Gasteiger partial charge in [-0.15, -0.1) is 11.3 Å². The maximum atomic E-state index is 12.9. The number of halogens is 2. The number of hydrogen-bond donors (Lipinski definition) is 0. The largest absolute Gasteiger partial charge is 0.453 e. The highest BCUT2D eigenvalue weighted by atomic mass is 35.5. The van der Waals surface area contributed by atoms with Gasteiger partial charge in [-0.1, -0.05) is 11.6 Å². The normalized spacial score (nSPS) is 10.5. The minimum atomic E-state index is -0.688. The summed E-state index contributed by atoms with van der Waals surface area (Å²) in [6.07, 6.45) is 0. The third kappa shape index (κ3) is 4.29. The zero-order chi connectivity index (χ0) is 17.8. The molecule has 0 atom stereocenters. The molecule has 4 nitrogen and oxygen atoms in total. The van der Waals surface area contributed by atoms with E-state index in [1.54, 1.807) is 36.4 Å². The fourth-order valence-corrected chi connectivity index (χ4v) is 2.94. The molecular formula is C18H11ClFNO3S. The van der Waals surface area contributed by atoms with E-state index in [1.165, 1.54) is 28.8 Å². The van der Waals surface area contributed by atoms with Crippen molar-refractivity contribution in [2.24, 2.45) is 0 Å². The van der Waals surface area contributed by atoms with Crippen molar-refractivity contribution in [3.63, 3.8) is 0 Å². The quantitative estimate of drug-likeness (QED) is 0.481. The van der Waals surface area contributed by atoms with Crippen molar-refractivity contribution in [1.82, 2.24) is 4.98 Å². The first kappa shape index (κ1) is 17.3. The van der Waals surface area contributed by atoms with Gasteiger partial charge in [-0.2, -0.15) is 0 Å². The van der Waals surface area contributed by atoms with Gasteiger partial charge in [0.15, 0.2) is 18.1 Å². The number of thiazole rings is 1. The van der Waals surface area contributed by atoms with Crippen LogP contribution in [0.2, 0.25) is 5.02 Å². The molecule has 25 heavy (non-hydrogen) atoms. The Morgan fingerprint density at radius 3 is 2.44 bits per heavy atom. The first-order valence-electron chi connectivity index (χ1n) is 7.20. The third-order valence-electron chi connectivity index (χ3n) is 3.31. The summed E-state index contributed by atoms with van der Waals surface area (Å²) in [5.74, 6) is -1.37. The van der Waals surface area contributed by atoms with Crippen LogP contribution in [0.25, 0.3) is 10.6 Å². The summed E-state index contributed by atoms with van der Waals surface area (Å²) in [7, 11) is 0. The molecule has 1 heterocycles. The molecule has 0 saturated carbocycles. The smallest absolute Gasteiger partial charge is 0.358 e. The van der Waals surface area contributed by atoms with E-state index in [-0.39, 0.29) is 23.9 Å². The molecular weight excluding hydrogens is 365 g/mol. The highest BCUT2D eigenvalue weighted by molar-refractivity contribution is 7.13. The van der Waals surface area contributed by atoms with Crippen molar-refractivity contribution >= 4 is 34.7 Å². The summed E-state index contributed by atoms with van der Waals surface area (Å²) in [5.41, 5.74) is 1.21. The molecule has 0 N–H and O–H groups in total. The lowest BCUT2D eigenvalue weighted by atomic mass is 10.1. The van der Waals surface area contributed by atoms with Crippen molar-refractivity contribution in [2.75, 3.05) is 6.61 Å². The summed E-state index contributed by atoms with van der Waals surface area (Å²) in [6.45, 7) is -0.385. The Hall–Kier alpha value is -2.57. The summed E-state index contributed by atoms with van der Waals surface area (Å²) in [5, 5.41) is 2.62. The van der Waals surface area contributed by atoms with Crippen molar-refractivity contribution in [3.05, 3.63) is 76.0 Å². The number of carbonyl (C=O) groups excluding carboxylic acids is 2. The highest BCUT2D eigenvalue weighted by Gasteiger charge is 2.15. The Labute approximate surface area is 151 Å². The number of hydrogen-bond acceptors (Lipinski definition) is 5. The summed E-state index contributed by atoms with van der Waals surface area (Å²) in [4.78, 5) is 28.2. The number of esters is 1. The number of Topliss-reactive ketones (excluding diaryl/α,β-unsaturated/α-hetero) is 1. The van der Waals surface area contributed by atoms with Gasteiger partial charge in [0.1, 0.15) is 10.8 Å². The van der Waals surface area contributed by atoms with E-state index in [1.807, 2.05) is 0 Å². The van der Waals surface area contributed by atoms with Gasteiger partial charge in [0.25, 0.3) is 0 Å². The lowest BCUT2D eigenvalue weighted by Crippen LogP contribution is -2.14. The Kier molecular flexibility index (Phi) is 5.21. The molecule has 3 aromatic rings. The Morgan fingerprint density at radius 1 is 1.08 bits per heavy atom. The van der Waals surface area contributed by atoms with Gasteiger partial charge in [-0.25, -0.2) is 14.2 Å². The molecule has 0 fully saturated rings. The second kappa shape index (κ2) is 7.55. The van der Waals surface area contributed by atoms with Crippen LogP contribution in [0.15, 0.2) is 53.9 Å². The van der Waals surface area contributed by atoms with Gasteiger partial charge < -0.3 is 4.74 Å². The average molecular weight is 376 g/mol. The number of ether oxygens (including phenoxy) is 1. The van der Waals surface area contributed by atoms with Crippen LogP contribution in [0.4, 0.5) is 4.39 Å². The standard InChI is InChI=1S/C18H11ClFNO3S/c19-13-5-1-11(2-6-13)16(22)9-24-18(23)15-10-25-17(21-15)12-3-7-14(20)8-4-12/h1-8,10H,9H2. The molecule has 1 aromatic heterocycles. The van der Waals surface area contributed by atoms with Gasteiger partial charge in [0.05, 0.1) is 0 Å². The SMILES string of the molecule is O=C(COC(=O)c1csc(-c2ccc(F)cc2)n1)c1ccc(Cl)cc1. The van der Waals surface area contributed by atoms with E-state index in [0.717, 1.165) is 0 Å². The fourth-order valence-electron chi connectivity index (χ4n) is 2.02. The molecule has 0 saturated heterocycles. The minimum Gasteiger partial charge on any atom is -0.453 e. The molecule has 0 aliphatic heterocycles. The molecule has 7 heteroatoms. The summed E-state index contributed by atoms with van der Waals surface area (Å²) < 4.78 is 17.9. The van der Waals surface area contributed by atoms with Crippen LogP contribution >= 0.6 is 22.9 Å². The van der Waals surface area contributed by atoms with E-state index >= 15 is 0 Å². The maximum Gasteiger partial charge on any atom is 0.358 e. The van der Waals surface area contributed by atoms with Gasteiger partial charge in [0.2, 0.25) is 0 Å². The Morgan fingerprint density at radius 2 is 1.76 bits per heavy atom. The van der Waals surface area contributed by atoms with Crippen LogP contribution in [0.5, 0.6) is 0 Å². The zero-order valence-electron chi connectivity index (χ0n) is 12.7. The molecule has 0 spiro atoms. The lowest BCUT2D eigenvalue weighted by molar-refractivity contribution is 0.0470. The number of benzene rings is 2. The first-order chi connectivity index (χ1) is 12.0. The van der Waals surface area contributed by atoms with E-state index in [9.17, 15) is 14.0 Å². The second-order valence-electron chi connectivity index (χ2n) is 5.05. The predicted octanol–water partition coefficient (Wildman–Crippen LogP) is 4.64. The molecule has 126 valence electrons. The van der Waals surface area contributed by atoms with Crippen LogP contribution in [0.1, 0.15) is 20.8 Å². The van der Waals surface area contributed by atoms with Crippen molar-refractivity contribution < 1.29 is 18.7 Å². The number of carbonyl (C=O) groups is 2. The molecule has 0 unspecified atom stereocenters. The summed E-state index contributed by atoms with van der Waals surface area (Å²) >= 11 is 7.00. The highest BCUT2D eigenvalue weighted by Crippen LogP contribution is 2.24. The van der Waals surface area contributed by atoms with Crippen molar-refractivity contribution in [3.8, 4) is 10.6 Å². The number of aromatic nitrogens is 1. The second-order valence-corrected chi connectivity index (χ2v) is 6.35. The van der Waals surface area contributed by atoms with Crippen LogP contribution in [-0.4, -0.2) is 23.3 Å². The van der Waals surface area contributed by atoms with Crippen molar-refractivity contribution in [1.29, 1.82) is 0 Å². The lowest BCUT2D eigenvalue weighted by Gasteiger charge is -2.03. The molecule has 0 amide bonds. The molecule has 0 aliphatic rings. The zero-order valence-corrected chi connectivity index (χ0v) is 14.3. The fraction of sp³-hybridized carbons (Fsp3) is 0.0556. The third-order valence-corrected chi connectivity index (χ3v) is 4.45. The van der Waals surface area contributed by atoms with Gasteiger partial charge >= 0.3 is 5.97 Å². The van der Waals surface area contributed by atoms with Crippen LogP contribution in [0, 0.1) is 5.82 Å². The molecule has 2 aromatic carbocycles. The molecule has 0 bridgehead atoms. The van der Waals surface area contributed by atoms with E-state index in [0.29, 0.717) is 21.2 Å². The maximum absolute atomic E-state index is 12.9. The van der Waals surface area contributed by atoms with Gasteiger partial charge in [0, 0.05) is 21.5 Å². The van der Waals surface area contributed by atoms with E-state index in [2.05, 4.69) is 4.98 Å². The van der Waals surface area contributed by atoms with Crippen molar-refractivity contribution in [2.45, 2.75) is 0 Å². The number of rotatable bonds is 5. The van der Waals surface area contributed by atoms with E-state index in [4.69, 9.17) is 16.3 Å². The van der Waals surface area contributed by atoms with Gasteiger partial charge in [-0.05, 0) is 48.5 Å². The monoisotopic (exact) mass is 375 g/mol. The van der Waals surface area contributed by atoms with Gasteiger partial charge in [-0.3, -0.25) is 4.79 Å². The average Bonchev–Trinajstić information content (AvgIpc) is 3.11. The Bertz CT molecular complexity index is 907. The van der Waals surface area contributed by atoms with Crippen LogP contribution < -0.4 is 0 Å². The number of nitrogens with zero attached hydrogens (tertiary/aromatic N) is 1. The van der Waals surface area contributed by atoms with Crippen LogP contribution in [-0.2, 0) is 4.74 Å². The molecule has 3 rings (SSSR count). The Balaban J connectivity index is 1.63. The predicted molar refractivity (Wildman–Crippen MR) is 93.6 cm³/mol. The minimum absolute atomic E-state index is 0.105. The topological polar surface area (TPSA) is 56.3 Å². The number of ketones is 1.